The lowest BCUT2D eigenvalue weighted by Crippen LogP contribution is -1.94. The topological polar surface area (TPSA) is 0 Å². The molecule has 0 N–H and O–H groups in total. The molecule has 0 aliphatic heterocycles. The van der Waals surface area contributed by atoms with Gasteiger partial charge in [0.05, 0.1) is 0 Å². The van der Waals surface area contributed by atoms with E-state index in [0.717, 1.165) is 6.42 Å². The van der Waals surface area contributed by atoms with E-state index in [4.69, 9.17) is 0 Å². The van der Waals surface area contributed by atoms with Crippen LogP contribution in [-0.2, 0) is 6.42 Å². The fraction of sp³-hybridized carbons (Fsp3) is 0.0769. The SMILES string of the molecule is CCc1cc(-c2ccccc2)cc(-c2ccccc2)c1-c1ccccc1. The molecule has 0 saturated carbocycles. The Kier molecular flexibility index (Phi) is 4.66. The predicted octanol–water partition coefficient (Wildman–Crippen LogP) is 7.25. The summed E-state index contributed by atoms with van der Waals surface area (Å²) in [5.74, 6) is 0. The third kappa shape index (κ3) is 3.19. The molecule has 0 aliphatic carbocycles. The predicted molar refractivity (Wildman–Crippen MR) is 112 cm³/mol. The number of hydrogen-bond acceptors (Lipinski definition) is 0. The second kappa shape index (κ2) is 7.41. The molecule has 0 aliphatic rings. The van der Waals surface area contributed by atoms with Crippen LogP contribution < -0.4 is 0 Å². The van der Waals surface area contributed by atoms with E-state index < -0.39 is 0 Å². The van der Waals surface area contributed by atoms with Crippen molar-refractivity contribution in [3.8, 4) is 33.4 Å². The molecule has 0 aromatic heterocycles. The first-order valence-corrected chi connectivity index (χ1v) is 9.20. The van der Waals surface area contributed by atoms with E-state index in [1.807, 2.05) is 0 Å². The van der Waals surface area contributed by atoms with Gasteiger partial charge in [0.15, 0.2) is 0 Å². The molecule has 0 fully saturated rings. The molecular formula is C26H22. The molecule has 0 bridgehead atoms. The quantitative estimate of drug-likeness (QED) is 0.369. The zero-order chi connectivity index (χ0) is 17.8. The molecule has 4 aromatic rings. The van der Waals surface area contributed by atoms with Crippen LogP contribution in [0.3, 0.4) is 0 Å². The summed E-state index contributed by atoms with van der Waals surface area (Å²) in [7, 11) is 0. The van der Waals surface area contributed by atoms with Crippen molar-refractivity contribution in [2.45, 2.75) is 13.3 Å². The molecular weight excluding hydrogens is 312 g/mol. The summed E-state index contributed by atoms with van der Waals surface area (Å²) in [6.45, 7) is 2.24. The van der Waals surface area contributed by atoms with Crippen molar-refractivity contribution in [3.05, 3.63) is 109 Å². The van der Waals surface area contributed by atoms with Gasteiger partial charge in [0, 0.05) is 0 Å². The molecule has 4 aromatic carbocycles. The molecule has 0 heterocycles. The van der Waals surface area contributed by atoms with E-state index in [2.05, 4.69) is 110 Å². The van der Waals surface area contributed by atoms with Crippen molar-refractivity contribution >= 4 is 0 Å². The van der Waals surface area contributed by atoms with Crippen molar-refractivity contribution in [3.63, 3.8) is 0 Å². The summed E-state index contributed by atoms with van der Waals surface area (Å²) in [5.41, 5.74) is 9.12. The lowest BCUT2D eigenvalue weighted by molar-refractivity contribution is 1.14. The Hall–Kier alpha value is -3.12. The highest BCUT2D eigenvalue weighted by Gasteiger charge is 2.14. The van der Waals surface area contributed by atoms with Crippen LogP contribution in [0.4, 0.5) is 0 Å². The number of hydrogen-bond donors (Lipinski definition) is 0. The van der Waals surface area contributed by atoms with Crippen LogP contribution in [-0.4, -0.2) is 0 Å². The second-order valence-electron chi connectivity index (χ2n) is 6.51. The van der Waals surface area contributed by atoms with Gasteiger partial charge in [0.2, 0.25) is 0 Å². The highest BCUT2D eigenvalue weighted by molar-refractivity contribution is 5.89. The van der Waals surface area contributed by atoms with Crippen LogP contribution >= 0.6 is 0 Å². The monoisotopic (exact) mass is 334 g/mol. The average Bonchev–Trinajstić information content (AvgIpc) is 2.74. The van der Waals surface area contributed by atoms with Crippen molar-refractivity contribution in [2.75, 3.05) is 0 Å². The van der Waals surface area contributed by atoms with Crippen molar-refractivity contribution < 1.29 is 0 Å². The molecule has 126 valence electrons. The van der Waals surface area contributed by atoms with Crippen molar-refractivity contribution in [1.82, 2.24) is 0 Å². The minimum atomic E-state index is 1.00. The minimum Gasteiger partial charge on any atom is -0.0622 e. The molecule has 0 atom stereocenters. The molecule has 0 heteroatoms. The number of benzene rings is 4. The van der Waals surface area contributed by atoms with Gasteiger partial charge < -0.3 is 0 Å². The van der Waals surface area contributed by atoms with Crippen molar-refractivity contribution in [2.24, 2.45) is 0 Å². The van der Waals surface area contributed by atoms with Crippen LogP contribution in [0, 0.1) is 0 Å². The molecule has 4 rings (SSSR count). The van der Waals surface area contributed by atoms with Gasteiger partial charge in [-0.1, -0.05) is 104 Å². The lowest BCUT2D eigenvalue weighted by atomic mass is 9.86. The Morgan fingerprint density at radius 3 is 1.54 bits per heavy atom. The van der Waals surface area contributed by atoms with E-state index in [-0.39, 0.29) is 0 Å². The van der Waals surface area contributed by atoms with Gasteiger partial charge in [0.25, 0.3) is 0 Å². The van der Waals surface area contributed by atoms with Crippen LogP contribution in [0.15, 0.2) is 103 Å². The lowest BCUT2D eigenvalue weighted by Gasteiger charge is -2.18. The highest BCUT2D eigenvalue weighted by Crippen LogP contribution is 2.38. The van der Waals surface area contributed by atoms with Gasteiger partial charge in [-0.15, -0.1) is 0 Å². The first kappa shape index (κ1) is 16.4. The van der Waals surface area contributed by atoms with Gasteiger partial charge in [-0.3, -0.25) is 0 Å². The molecule has 26 heavy (non-hydrogen) atoms. The summed E-state index contributed by atoms with van der Waals surface area (Å²) >= 11 is 0. The standard InChI is InChI=1S/C26H22/c1-2-20-18-24(21-12-6-3-7-13-21)19-25(22-14-8-4-9-15-22)26(20)23-16-10-5-11-17-23/h3-19H,2H2,1H3. The molecule has 0 amide bonds. The van der Waals surface area contributed by atoms with Crippen molar-refractivity contribution in [1.29, 1.82) is 0 Å². The second-order valence-corrected chi connectivity index (χ2v) is 6.51. The summed E-state index contributed by atoms with van der Waals surface area (Å²) in [4.78, 5) is 0. The fourth-order valence-electron chi connectivity index (χ4n) is 3.57. The van der Waals surface area contributed by atoms with Crippen LogP contribution in [0.25, 0.3) is 33.4 Å². The molecule has 0 unspecified atom stereocenters. The zero-order valence-electron chi connectivity index (χ0n) is 15.0. The summed E-state index contributed by atoms with van der Waals surface area (Å²) in [5, 5.41) is 0. The molecule has 0 radical (unpaired) electrons. The first-order chi connectivity index (χ1) is 12.9. The third-order valence-electron chi connectivity index (χ3n) is 4.86. The number of rotatable bonds is 4. The Bertz CT molecular complexity index is 984. The van der Waals surface area contributed by atoms with Gasteiger partial charge in [-0.25, -0.2) is 0 Å². The van der Waals surface area contributed by atoms with Crippen LogP contribution in [0.1, 0.15) is 12.5 Å². The summed E-state index contributed by atoms with van der Waals surface area (Å²) in [6.07, 6.45) is 1.00. The Balaban J connectivity index is 2.01. The van der Waals surface area contributed by atoms with Gasteiger partial charge >= 0.3 is 0 Å². The highest BCUT2D eigenvalue weighted by atomic mass is 14.2. The largest absolute Gasteiger partial charge is 0.0622 e. The maximum atomic E-state index is 2.35. The summed E-state index contributed by atoms with van der Waals surface area (Å²) < 4.78 is 0. The fourth-order valence-corrected chi connectivity index (χ4v) is 3.57. The maximum Gasteiger partial charge on any atom is -0.00730 e. The van der Waals surface area contributed by atoms with Gasteiger partial charge in [0.1, 0.15) is 0 Å². The van der Waals surface area contributed by atoms with E-state index in [1.165, 1.54) is 38.9 Å². The Morgan fingerprint density at radius 1 is 0.500 bits per heavy atom. The maximum absolute atomic E-state index is 2.35. The third-order valence-corrected chi connectivity index (χ3v) is 4.86. The zero-order valence-corrected chi connectivity index (χ0v) is 15.0. The smallest absolute Gasteiger partial charge is 0.00730 e. The normalized spacial score (nSPS) is 10.7. The molecule has 0 saturated heterocycles. The first-order valence-electron chi connectivity index (χ1n) is 9.20. The van der Waals surface area contributed by atoms with Crippen LogP contribution in [0.5, 0.6) is 0 Å². The Morgan fingerprint density at radius 2 is 1.00 bits per heavy atom. The average molecular weight is 334 g/mol. The van der Waals surface area contributed by atoms with Crippen LogP contribution in [0.2, 0.25) is 0 Å². The van der Waals surface area contributed by atoms with Gasteiger partial charge in [-0.2, -0.15) is 0 Å². The van der Waals surface area contributed by atoms with E-state index in [0.29, 0.717) is 0 Å². The van der Waals surface area contributed by atoms with E-state index in [9.17, 15) is 0 Å². The number of aryl methyl sites for hydroxylation is 1. The van der Waals surface area contributed by atoms with Gasteiger partial charge in [-0.05, 0) is 51.4 Å². The summed E-state index contributed by atoms with van der Waals surface area (Å²) in [6, 6.07) is 36.8. The minimum absolute atomic E-state index is 1.00. The molecule has 0 nitrogen and oxygen atoms in total. The van der Waals surface area contributed by atoms with E-state index in [1.54, 1.807) is 0 Å². The Labute approximate surface area is 155 Å². The molecule has 0 spiro atoms. The van der Waals surface area contributed by atoms with E-state index >= 15 is 0 Å².